The highest BCUT2D eigenvalue weighted by molar-refractivity contribution is 8.00. The molecule has 1 atom stereocenters. The molecule has 0 spiro atoms. The smallest absolute Gasteiger partial charge is 0.233 e. The Kier molecular flexibility index (Phi) is 9.60. The first kappa shape index (κ1) is 17.8. The van der Waals surface area contributed by atoms with Gasteiger partial charge >= 0.3 is 0 Å². The first-order valence-electron chi connectivity index (χ1n) is 6.43. The molecule has 0 aromatic heterocycles. The quantitative estimate of drug-likeness (QED) is 0.738. The maximum Gasteiger partial charge on any atom is 0.233 e. The van der Waals surface area contributed by atoms with Gasteiger partial charge in [-0.1, -0.05) is 32.4 Å². The van der Waals surface area contributed by atoms with E-state index in [1.165, 1.54) is 5.57 Å². The first-order chi connectivity index (χ1) is 8.15. The molecular formula is C13H25ClN2OS. The van der Waals surface area contributed by atoms with Crippen molar-refractivity contribution in [3.8, 4) is 0 Å². The van der Waals surface area contributed by atoms with E-state index in [0.29, 0.717) is 12.5 Å². The van der Waals surface area contributed by atoms with Crippen molar-refractivity contribution in [3.63, 3.8) is 0 Å². The van der Waals surface area contributed by atoms with E-state index in [2.05, 4.69) is 37.5 Å². The van der Waals surface area contributed by atoms with Crippen molar-refractivity contribution in [1.82, 2.24) is 10.6 Å². The number of carbonyl (C=O) groups excluding carboxylic acids is 1. The Balaban J connectivity index is 0.00000289. The molecule has 3 nitrogen and oxygen atoms in total. The van der Waals surface area contributed by atoms with E-state index in [9.17, 15) is 4.79 Å². The van der Waals surface area contributed by atoms with Gasteiger partial charge in [0.2, 0.25) is 5.91 Å². The lowest BCUT2D eigenvalue weighted by Gasteiger charge is -2.20. The Bertz CT molecular complexity index is 282. The summed E-state index contributed by atoms with van der Waals surface area (Å²) in [4.78, 5) is 12.0. The first-order valence-corrected chi connectivity index (χ1v) is 7.48. The van der Waals surface area contributed by atoms with Crippen LogP contribution in [-0.4, -0.2) is 36.5 Å². The van der Waals surface area contributed by atoms with Crippen molar-refractivity contribution < 1.29 is 4.79 Å². The third-order valence-electron chi connectivity index (χ3n) is 2.86. The third kappa shape index (κ3) is 6.12. The highest BCUT2D eigenvalue weighted by atomic mass is 35.5. The predicted octanol–water partition coefficient (Wildman–Crippen LogP) is 2.22. The van der Waals surface area contributed by atoms with Crippen LogP contribution in [0.4, 0.5) is 0 Å². The van der Waals surface area contributed by atoms with Gasteiger partial charge in [-0.2, -0.15) is 0 Å². The zero-order valence-electron chi connectivity index (χ0n) is 11.5. The molecule has 1 rings (SSSR count). The van der Waals surface area contributed by atoms with E-state index >= 15 is 0 Å². The molecule has 0 aromatic carbocycles. The van der Waals surface area contributed by atoms with Gasteiger partial charge in [0.25, 0.3) is 0 Å². The van der Waals surface area contributed by atoms with Gasteiger partial charge in [0.15, 0.2) is 0 Å². The Morgan fingerprint density at radius 3 is 2.78 bits per heavy atom. The van der Waals surface area contributed by atoms with Crippen LogP contribution >= 0.6 is 24.2 Å². The largest absolute Gasteiger partial charge is 0.351 e. The van der Waals surface area contributed by atoms with Crippen LogP contribution in [0.2, 0.25) is 0 Å². The normalized spacial score (nSPS) is 16.8. The maximum absolute atomic E-state index is 12.0. The zero-order chi connectivity index (χ0) is 12.7. The van der Waals surface area contributed by atoms with Gasteiger partial charge in [0.05, 0.1) is 5.25 Å². The topological polar surface area (TPSA) is 41.1 Å². The minimum atomic E-state index is 0. The van der Waals surface area contributed by atoms with Crippen LogP contribution in [0.1, 0.15) is 27.2 Å². The predicted molar refractivity (Wildman–Crippen MR) is 82.6 cm³/mol. The van der Waals surface area contributed by atoms with Gasteiger partial charge in [0.1, 0.15) is 0 Å². The molecule has 0 saturated carbocycles. The highest BCUT2D eigenvalue weighted by Crippen LogP contribution is 2.19. The van der Waals surface area contributed by atoms with Gasteiger partial charge in [-0.15, -0.1) is 24.2 Å². The fourth-order valence-corrected chi connectivity index (χ4v) is 2.86. The molecule has 0 fully saturated rings. The minimum absolute atomic E-state index is 0. The van der Waals surface area contributed by atoms with Crippen LogP contribution in [-0.2, 0) is 4.79 Å². The summed E-state index contributed by atoms with van der Waals surface area (Å²) in [6.45, 7) is 8.99. The van der Waals surface area contributed by atoms with Crippen molar-refractivity contribution in [3.05, 3.63) is 11.6 Å². The second kappa shape index (κ2) is 9.70. The molecule has 2 N–H and O–H groups in total. The van der Waals surface area contributed by atoms with Crippen molar-refractivity contribution in [2.75, 3.05) is 25.4 Å². The average molecular weight is 293 g/mol. The van der Waals surface area contributed by atoms with Crippen molar-refractivity contribution in [2.45, 2.75) is 32.4 Å². The summed E-state index contributed by atoms with van der Waals surface area (Å²) in [5.41, 5.74) is 1.35. The van der Waals surface area contributed by atoms with Gasteiger partial charge < -0.3 is 10.6 Å². The zero-order valence-corrected chi connectivity index (χ0v) is 13.1. The van der Waals surface area contributed by atoms with Gasteiger partial charge in [-0.05, 0) is 24.6 Å². The van der Waals surface area contributed by atoms with Crippen LogP contribution in [0, 0.1) is 5.92 Å². The molecule has 18 heavy (non-hydrogen) atoms. The Labute approximate surface area is 121 Å². The standard InChI is InChI=1S/C13H24N2OS.ClH/c1-4-17-12(10(2)3)13(16)15-9-11-5-7-14-8-6-11;/h5,10,12,14H,4,6-9H2,1-3H3,(H,15,16);1H. The van der Waals surface area contributed by atoms with Crippen molar-refractivity contribution in [2.24, 2.45) is 5.92 Å². The number of hydrogen-bond acceptors (Lipinski definition) is 3. The molecule has 1 aliphatic heterocycles. The lowest BCUT2D eigenvalue weighted by molar-refractivity contribution is -0.121. The van der Waals surface area contributed by atoms with Crippen LogP contribution in [0.5, 0.6) is 0 Å². The van der Waals surface area contributed by atoms with E-state index in [1.54, 1.807) is 11.8 Å². The molecule has 1 unspecified atom stereocenters. The Morgan fingerprint density at radius 1 is 1.56 bits per heavy atom. The Hall–Kier alpha value is -0.190. The monoisotopic (exact) mass is 292 g/mol. The van der Waals surface area contributed by atoms with Crippen molar-refractivity contribution in [1.29, 1.82) is 0 Å². The number of amides is 1. The lowest BCUT2D eigenvalue weighted by Crippen LogP contribution is -2.38. The van der Waals surface area contributed by atoms with Crippen LogP contribution < -0.4 is 10.6 Å². The van der Waals surface area contributed by atoms with E-state index in [0.717, 1.165) is 25.3 Å². The molecule has 0 bridgehead atoms. The summed E-state index contributed by atoms with van der Waals surface area (Å²) in [7, 11) is 0. The van der Waals surface area contributed by atoms with Crippen molar-refractivity contribution >= 4 is 30.1 Å². The maximum atomic E-state index is 12.0. The number of nitrogens with one attached hydrogen (secondary N) is 2. The number of halogens is 1. The van der Waals surface area contributed by atoms with Crippen LogP contribution in [0.15, 0.2) is 11.6 Å². The van der Waals surface area contributed by atoms with Crippen LogP contribution in [0.3, 0.4) is 0 Å². The highest BCUT2D eigenvalue weighted by Gasteiger charge is 2.21. The summed E-state index contributed by atoms with van der Waals surface area (Å²) < 4.78 is 0. The van der Waals surface area contributed by atoms with Crippen LogP contribution in [0.25, 0.3) is 0 Å². The second-order valence-electron chi connectivity index (χ2n) is 4.65. The molecule has 0 aromatic rings. The number of rotatable bonds is 6. The summed E-state index contributed by atoms with van der Waals surface area (Å²) >= 11 is 1.74. The third-order valence-corrected chi connectivity index (χ3v) is 4.31. The van der Waals surface area contributed by atoms with Gasteiger partial charge in [-0.3, -0.25) is 4.79 Å². The molecule has 0 aliphatic carbocycles. The molecular weight excluding hydrogens is 268 g/mol. The molecule has 0 radical (unpaired) electrons. The molecule has 1 aliphatic rings. The number of carbonyl (C=O) groups is 1. The van der Waals surface area contributed by atoms with E-state index in [1.807, 2.05) is 0 Å². The number of hydrogen-bond donors (Lipinski definition) is 2. The number of thioether (sulfide) groups is 1. The average Bonchev–Trinajstić information content (AvgIpc) is 2.34. The van der Waals surface area contributed by atoms with Gasteiger partial charge in [0, 0.05) is 13.1 Å². The Morgan fingerprint density at radius 2 is 2.28 bits per heavy atom. The van der Waals surface area contributed by atoms with E-state index in [4.69, 9.17) is 0 Å². The molecule has 5 heteroatoms. The molecule has 1 heterocycles. The molecule has 0 saturated heterocycles. The minimum Gasteiger partial charge on any atom is -0.351 e. The van der Waals surface area contributed by atoms with E-state index in [-0.39, 0.29) is 23.6 Å². The molecule has 1 amide bonds. The summed E-state index contributed by atoms with van der Waals surface area (Å²) in [5, 5.41) is 6.42. The summed E-state index contributed by atoms with van der Waals surface area (Å²) in [5.74, 6) is 1.57. The van der Waals surface area contributed by atoms with Gasteiger partial charge in [-0.25, -0.2) is 0 Å². The van der Waals surface area contributed by atoms with E-state index < -0.39 is 0 Å². The summed E-state index contributed by atoms with van der Waals surface area (Å²) in [6.07, 6.45) is 3.23. The summed E-state index contributed by atoms with van der Waals surface area (Å²) in [6, 6.07) is 0. The lowest BCUT2D eigenvalue weighted by atomic mass is 10.1. The fourth-order valence-electron chi connectivity index (χ4n) is 1.88. The molecule has 106 valence electrons. The second-order valence-corrected chi connectivity index (χ2v) is 6.07. The SMILES string of the molecule is CCSC(C(=O)NCC1=CCNCC1)C(C)C.Cl. The fraction of sp³-hybridized carbons (Fsp3) is 0.769.